The summed E-state index contributed by atoms with van der Waals surface area (Å²) in [5.74, 6) is 0.313. The van der Waals surface area contributed by atoms with E-state index in [0.717, 1.165) is 29.7 Å². The molecule has 2 N–H and O–H groups in total. The van der Waals surface area contributed by atoms with Crippen LogP contribution in [0.3, 0.4) is 0 Å². The Morgan fingerprint density at radius 3 is 2.41 bits per heavy atom. The molecule has 0 heterocycles. The largest absolute Gasteiger partial charge is 0.492 e. The summed E-state index contributed by atoms with van der Waals surface area (Å²) in [4.78, 5) is 12.4. The molecule has 0 saturated carbocycles. The number of hydrogen-bond acceptors (Lipinski definition) is 4. The van der Waals surface area contributed by atoms with Crippen molar-refractivity contribution in [3.05, 3.63) is 87.9 Å². The summed E-state index contributed by atoms with van der Waals surface area (Å²) in [7, 11) is -3.99. The highest BCUT2D eigenvalue weighted by Gasteiger charge is 2.21. The van der Waals surface area contributed by atoms with Crippen molar-refractivity contribution in [2.24, 2.45) is 0 Å². The zero-order valence-electron chi connectivity index (χ0n) is 19.5. The van der Waals surface area contributed by atoms with E-state index in [1.807, 2.05) is 50.2 Å². The van der Waals surface area contributed by atoms with Crippen molar-refractivity contribution < 1.29 is 17.9 Å². The molecule has 3 rings (SSSR count). The number of anilines is 1. The third kappa shape index (κ3) is 6.74. The first-order valence-electron chi connectivity index (χ1n) is 11.1. The number of aryl methyl sites for hydroxylation is 3. The molecule has 34 heavy (non-hydrogen) atoms. The number of carbonyl (C=O) groups is 1. The average Bonchev–Trinajstić information content (AvgIpc) is 2.80. The molecular formula is C26H29ClN2O4S. The highest BCUT2D eigenvalue weighted by Crippen LogP contribution is 2.26. The van der Waals surface area contributed by atoms with Gasteiger partial charge in [-0.05, 0) is 67.8 Å². The van der Waals surface area contributed by atoms with E-state index in [1.165, 1.54) is 23.8 Å². The number of sulfonamides is 1. The van der Waals surface area contributed by atoms with E-state index in [-0.39, 0.29) is 28.6 Å². The van der Waals surface area contributed by atoms with Gasteiger partial charge in [0, 0.05) is 5.56 Å². The number of halogens is 1. The lowest BCUT2D eigenvalue weighted by Crippen LogP contribution is -2.28. The topological polar surface area (TPSA) is 84.5 Å². The quantitative estimate of drug-likeness (QED) is 0.359. The molecule has 0 aromatic heterocycles. The molecule has 0 radical (unpaired) electrons. The van der Waals surface area contributed by atoms with Crippen molar-refractivity contribution in [1.82, 2.24) is 5.32 Å². The Hall–Kier alpha value is -3.03. The Balaban J connectivity index is 1.62. The standard InChI is InChI=1S/C26H29ClN2O4S/c1-4-5-20-7-10-22(11-8-20)33-15-14-28-26(30)21-9-12-23(27)25(17-21)34(31,32)29-24-13-6-18(2)16-19(24)3/h6-13,16-17,29H,4-5,14-15H2,1-3H3,(H,28,30). The lowest BCUT2D eigenvalue weighted by molar-refractivity contribution is 0.0947. The summed E-state index contributed by atoms with van der Waals surface area (Å²) in [6, 6.07) is 17.4. The average molecular weight is 501 g/mol. The molecule has 3 aromatic carbocycles. The first kappa shape index (κ1) is 25.6. The summed E-state index contributed by atoms with van der Waals surface area (Å²) >= 11 is 6.17. The van der Waals surface area contributed by atoms with Gasteiger partial charge in [-0.2, -0.15) is 0 Å². The zero-order chi connectivity index (χ0) is 24.7. The van der Waals surface area contributed by atoms with E-state index >= 15 is 0 Å². The molecule has 180 valence electrons. The molecule has 0 aliphatic heterocycles. The molecule has 0 aliphatic carbocycles. The summed E-state index contributed by atoms with van der Waals surface area (Å²) in [5, 5.41) is 2.77. The smallest absolute Gasteiger partial charge is 0.263 e. The van der Waals surface area contributed by atoms with Crippen LogP contribution in [0.2, 0.25) is 5.02 Å². The number of carbonyl (C=O) groups excluding carboxylic acids is 1. The molecule has 0 unspecified atom stereocenters. The number of nitrogens with one attached hydrogen (secondary N) is 2. The number of rotatable bonds is 10. The van der Waals surface area contributed by atoms with Crippen molar-refractivity contribution in [2.75, 3.05) is 17.9 Å². The molecule has 8 heteroatoms. The van der Waals surface area contributed by atoms with Crippen LogP contribution >= 0.6 is 11.6 Å². The molecule has 0 bridgehead atoms. The lowest BCUT2D eigenvalue weighted by Gasteiger charge is -2.13. The Morgan fingerprint density at radius 1 is 1.00 bits per heavy atom. The number of amides is 1. The van der Waals surface area contributed by atoms with Gasteiger partial charge in [-0.15, -0.1) is 0 Å². The molecule has 6 nitrogen and oxygen atoms in total. The van der Waals surface area contributed by atoms with Crippen molar-refractivity contribution in [1.29, 1.82) is 0 Å². The van der Waals surface area contributed by atoms with E-state index in [0.29, 0.717) is 5.69 Å². The maximum absolute atomic E-state index is 13.0. The fourth-order valence-electron chi connectivity index (χ4n) is 3.45. The second-order valence-corrected chi connectivity index (χ2v) is 10.1. The van der Waals surface area contributed by atoms with Gasteiger partial charge in [0.2, 0.25) is 0 Å². The number of benzene rings is 3. The van der Waals surface area contributed by atoms with E-state index in [1.54, 1.807) is 6.07 Å². The molecular weight excluding hydrogens is 472 g/mol. The molecule has 1 amide bonds. The molecule has 3 aromatic rings. The maximum atomic E-state index is 13.0. The predicted molar refractivity (Wildman–Crippen MR) is 136 cm³/mol. The highest BCUT2D eigenvalue weighted by atomic mass is 35.5. The summed E-state index contributed by atoms with van der Waals surface area (Å²) in [6.45, 7) is 6.43. The third-order valence-electron chi connectivity index (χ3n) is 5.23. The Kier molecular flexibility index (Phi) is 8.58. The minimum atomic E-state index is -3.99. The maximum Gasteiger partial charge on any atom is 0.263 e. The summed E-state index contributed by atoms with van der Waals surface area (Å²) in [6.07, 6.45) is 2.11. The van der Waals surface area contributed by atoms with Gasteiger partial charge in [0.05, 0.1) is 17.3 Å². The highest BCUT2D eigenvalue weighted by molar-refractivity contribution is 7.92. The Morgan fingerprint density at radius 2 is 1.74 bits per heavy atom. The van der Waals surface area contributed by atoms with Gasteiger partial charge in [-0.25, -0.2) is 8.42 Å². The minimum absolute atomic E-state index is 0.0312. The van der Waals surface area contributed by atoms with Gasteiger partial charge in [0.1, 0.15) is 17.3 Å². The van der Waals surface area contributed by atoms with Crippen molar-refractivity contribution in [3.8, 4) is 5.75 Å². The predicted octanol–water partition coefficient (Wildman–Crippen LogP) is 5.52. The SMILES string of the molecule is CCCc1ccc(OCCNC(=O)c2ccc(Cl)c(S(=O)(=O)Nc3ccc(C)cc3C)c2)cc1. The molecule has 0 atom stereocenters. The summed E-state index contributed by atoms with van der Waals surface area (Å²) in [5.41, 5.74) is 3.71. The minimum Gasteiger partial charge on any atom is -0.492 e. The van der Waals surface area contributed by atoms with Crippen LogP contribution in [0.25, 0.3) is 0 Å². The van der Waals surface area contributed by atoms with Crippen LogP contribution in [-0.2, 0) is 16.4 Å². The summed E-state index contributed by atoms with van der Waals surface area (Å²) < 4.78 is 34.2. The molecule has 0 fully saturated rings. The number of ether oxygens (including phenoxy) is 1. The van der Waals surface area contributed by atoms with Crippen LogP contribution in [0.5, 0.6) is 5.75 Å². The van der Waals surface area contributed by atoms with Crippen LogP contribution in [0.4, 0.5) is 5.69 Å². The van der Waals surface area contributed by atoms with Crippen molar-refractivity contribution >= 4 is 33.2 Å². The van der Waals surface area contributed by atoms with E-state index in [9.17, 15) is 13.2 Å². The van der Waals surface area contributed by atoms with Gasteiger partial charge >= 0.3 is 0 Å². The molecule has 0 saturated heterocycles. The molecule has 0 aliphatic rings. The van der Waals surface area contributed by atoms with Crippen LogP contribution < -0.4 is 14.8 Å². The van der Waals surface area contributed by atoms with Crippen LogP contribution in [0.1, 0.15) is 40.4 Å². The van der Waals surface area contributed by atoms with Gasteiger partial charge in [-0.1, -0.05) is 54.8 Å². The first-order chi connectivity index (χ1) is 16.2. The second-order valence-electron chi connectivity index (χ2n) is 8.07. The number of hydrogen-bond donors (Lipinski definition) is 2. The molecule has 0 spiro atoms. The Labute approximate surface area is 206 Å². The van der Waals surface area contributed by atoms with Gasteiger partial charge in [0.25, 0.3) is 15.9 Å². The zero-order valence-corrected chi connectivity index (χ0v) is 21.1. The Bertz CT molecular complexity index is 1260. The fraction of sp³-hybridized carbons (Fsp3) is 0.269. The fourth-order valence-corrected chi connectivity index (χ4v) is 5.11. The third-order valence-corrected chi connectivity index (χ3v) is 7.07. The van der Waals surface area contributed by atoms with Gasteiger partial charge < -0.3 is 10.1 Å². The van der Waals surface area contributed by atoms with E-state index in [4.69, 9.17) is 16.3 Å². The second kappa shape index (κ2) is 11.4. The van der Waals surface area contributed by atoms with Crippen LogP contribution in [-0.4, -0.2) is 27.5 Å². The van der Waals surface area contributed by atoms with Gasteiger partial charge in [0.15, 0.2) is 0 Å². The van der Waals surface area contributed by atoms with Crippen LogP contribution in [0.15, 0.2) is 65.6 Å². The van der Waals surface area contributed by atoms with E-state index in [2.05, 4.69) is 17.0 Å². The van der Waals surface area contributed by atoms with Gasteiger partial charge in [-0.3, -0.25) is 9.52 Å². The van der Waals surface area contributed by atoms with Crippen molar-refractivity contribution in [3.63, 3.8) is 0 Å². The van der Waals surface area contributed by atoms with E-state index < -0.39 is 15.9 Å². The monoisotopic (exact) mass is 500 g/mol. The van der Waals surface area contributed by atoms with Crippen LogP contribution in [0, 0.1) is 13.8 Å². The van der Waals surface area contributed by atoms with Crippen molar-refractivity contribution in [2.45, 2.75) is 38.5 Å². The first-order valence-corrected chi connectivity index (χ1v) is 13.0. The normalized spacial score (nSPS) is 11.2. The lowest BCUT2D eigenvalue weighted by atomic mass is 10.1.